The minimum absolute atomic E-state index is 0.115. The quantitative estimate of drug-likeness (QED) is 0.685. The fourth-order valence-electron chi connectivity index (χ4n) is 3.32. The number of nitrogens with zero attached hydrogens (tertiary/aromatic N) is 2. The molecule has 0 saturated carbocycles. The van der Waals surface area contributed by atoms with Crippen molar-refractivity contribution in [1.29, 1.82) is 0 Å². The summed E-state index contributed by atoms with van der Waals surface area (Å²) in [6, 6.07) is 15.0. The van der Waals surface area contributed by atoms with Gasteiger partial charge in [-0.15, -0.1) is 0 Å². The number of anilines is 1. The third-order valence-electron chi connectivity index (χ3n) is 4.97. The molecular formula is C22H27ClN2O3. The molecule has 0 amide bonds. The van der Waals surface area contributed by atoms with Gasteiger partial charge in [0.25, 0.3) is 0 Å². The number of carbonyl (C=O) groups excluding carboxylic acids is 1. The largest absolute Gasteiger partial charge is 0.491 e. The predicted molar refractivity (Wildman–Crippen MR) is 113 cm³/mol. The fourth-order valence-corrected chi connectivity index (χ4v) is 3.45. The summed E-state index contributed by atoms with van der Waals surface area (Å²) in [5, 5.41) is 11.1. The van der Waals surface area contributed by atoms with Crippen LogP contribution in [0.3, 0.4) is 0 Å². The molecule has 0 spiro atoms. The van der Waals surface area contributed by atoms with Gasteiger partial charge in [0.15, 0.2) is 5.78 Å². The van der Waals surface area contributed by atoms with Gasteiger partial charge < -0.3 is 14.7 Å². The summed E-state index contributed by atoms with van der Waals surface area (Å²) >= 11 is 5.95. The zero-order chi connectivity index (χ0) is 19.9. The molecular weight excluding hydrogens is 376 g/mol. The lowest BCUT2D eigenvalue weighted by atomic mass is 10.1. The minimum atomic E-state index is -0.556. The van der Waals surface area contributed by atoms with Crippen molar-refractivity contribution in [2.45, 2.75) is 19.4 Å². The van der Waals surface area contributed by atoms with Gasteiger partial charge >= 0.3 is 0 Å². The highest BCUT2D eigenvalue weighted by molar-refractivity contribution is 6.30. The van der Waals surface area contributed by atoms with Crippen LogP contribution in [-0.4, -0.2) is 61.2 Å². The Labute approximate surface area is 171 Å². The van der Waals surface area contributed by atoms with Crippen molar-refractivity contribution in [3.63, 3.8) is 0 Å². The van der Waals surface area contributed by atoms with E-state index in [1.165, 1.54) is 5.69 Å². The number of carbonyl (C=O) groups is 1. The van der Waals surface area contributed by atoms with Crippen LogP contribution in [0.15, 0.2) is 48.5 Å². The van der Waals surface area contributed by atoms with Gasteiger partial charge in [-0.3, -0.25) is 9.69 Å². The molecule has 150 valence electrons. The lowest BCUT2D eigenvalue weighted by molar-refractivity contribution is 0.0663. The van der Waals surface area contributed by atoms with Gasteiger partial charge in [-0.05, 0) is 48.5 Å². The third kappa shape index (κ3) is 5.71. The van der Waals surface area contributed by atoms with E-state index in [4.69, 9.17) is 16.3 Å². The maximum atomic E-state index is 11.6. The number of hydrogen-bond donors (Lipinski definition) is 1. The van der Waals surface area contributed by atoms with Crippen LogP contribution in [0.1, 0.15) is 23.7 Å². The standard InChI is InChI=1S/C22H27ClN2O3/c1-2-22(27)17-3-9-21(10-4-17)28-16-20(26)15-24-11-13-25(14-12-24)19-7-5-18(23)6-8-19/h3-10,20,26H,2,11-16H2,1H3/t20-/m1/s1. The van der Waals surface area contributed by atoms with E-state index in [1.54, 1.807) is 24.3 Å². The van der Waals surface area contributed by atoms with Crippen LogP contribution in [0, 0.1) is 0 Å². The Morgan fingerprint density at radius 3 is 2.32 bits per heavy atom. The molecule has 1 fully saturated rings. The van der Waals surface area contributed by atoms with Gasteiger partial charge in [-0.25, -0.2) is 0 Å². The Morgan fingerprint density at radius 1 is 1.07 bits per heavy atom. The molecule has 1 atom stereocenters. The zero-order valence-electron chi connectivity index (χ0n) is 16.2. The molecule has 3 rings (SSSR count). The number of piperazine rings is 1. The Bertz CT molecular complexity index is 756. The van der Waals surface area contributed by atoms with Gasteiger partial charge in [0.2, 0.25) is 0 Å². The van der Waals surface area contributed by atoms with Crippen molar-refractivity contribution in [1.82, 2.24) is 4.90 Å². The second-order valence-corrected chi connectivity index (χ2v) is 7.47. The van der Waals surface area contributed by atoms with Crippen molar-refractivity contribution in [3.8, 4) is 5.75 Å². The second-order valence-electron chi connectivity index (χ2n) is 7.03. The van der Waals surface area contributed by atoms with Crippen molar-refractivity contribution in [3.05, 3.63) is 59.1 Å². The molecule has 2 aromatic carbocycles. The van der Waals surface area contributed by atoms with E-state index >= 15 is 0 Å². The normalized spacial score (nSPS) is 16.0. The number of ether oxygens (including phenoxy) is 1. The summed E-state index contributed by atoms with van der Waals surface area (Å²) in [6.45, 7) is 6.29. The third-order valence-corrected chi connectivity index (χ3v) is 5.22. The van der Waals surface area contributed by atoms with Gasteiger partial charge in [-0.1, -0.05) is 18.5 Å². The topological polar surface area (TPSA) is 53.0 Å². The molecule has 5 nitrogen and oxygen atoms in total. The van der Waals surface area contributed by atoms with Gasteiger partial charge in [0, 0.05) is 55.4 Å². The number of hydrogen-bond acceptors (Lipinski definition) is 5. The molecule has 2 aromatic rings. The number of benzene rings is 2. The van der Waals surface area contributed by atoms with Crippen LogP contribution < -0.4 is 9.64 Å². The van der Waals surface area contributed by atoms with Crippen LogP contribution in [-0.2, 0) is 0 Å². The summed E-state index contributed by atoms with van der Waals surface area (Å²) in [7, 11) is 0. The second kappa shape index (κ2) is 9.92. The minimum Gasteiger partial charge on any atom is -0.491 e. The summed E-state index contributed by atoms with van der Waals surface area (Å²) in [4.78, 5) is 16.2. The zero-order valence-corrected chi connectivity index (χ0v) is 16.9. The molecule has 0 aromatic heterocycles. The molecule has 1 aliphatic heterocycles. The highest BCUT2D eigenvalue weighted by Gasteiger charge is 2.19. The maximum Gasteiger partial charge on any atom is 0.162 e. The highest BCUT2D eigenvalue weighted by atomic mass is 35.5. The van der Waals surface area contributed by atoms with Crippen LogP contribution in [0.4, 0.5) is 5.69 Å². The van der Waals surface area contributed by atoms with Crippen LogP contribution in [0.25, 0.3) is 0 Å². The number of β-amino-alcohol motifs (C(OH)–C–C–N with tert-alkyl or cyclic N) is 1. The number of Topliss-reactive ketones (excluding diaryl/α,β-unsaturated/α-hetero) is 1. The lowest BCUT2D eigenvalue weighted by Gasteiger charge is -2.36. The average molecular weight is 403 g/mol. The van der Waals surface area contributed by atoms with Crippen molar-refractivity contribution in [2.75, 3.05) is 44.2 Å². The van der Waals surface area contributed by atoms with E-state index in [2.05, 4.69) is 9.80 Å². The maximum absolute atomic E-state index is 11.6. The number of aliphatic hydroxyl groups is 1. The van der Waals surface area contributed by atoms with E-state index in [0.29, 0.717) is 24.3 Å². The Balaban J connectivity index is 1.40. The Hall–Kier alpha value is -2.08. The molecule has 6 heteroatoms. The number of ketones is 1. The lowest BCUT2D eigenvalue weighted by Crippen LogP contribution is -2.49. The van der Waals surface area contributed by atoms with Crippen molar-refractivity contribution in [2.24, 2.45) is 0 Å². The summed E-state index contributed by atoms with van der Waals surface area (Å²) in [6.07, 6.45) is -0.0662. The summed E-state index contributed by atoms with van der Waals surface area (Å²) in [5.41, 5.74) is 1.87. The molecule has 0 radical (unpaired) electrons. The molecule has 1 saturated heterocycles. The first-order chi connectivity index (χ1) is 13.5. The Kier molecular flexibility index (Phi) is 7.31. The van der Waals surface area contributed by atoms with E-state index in [-0.39, 0.29) is 12.4 Å². The van der Waals surface area contributed by atoms with E-state index in [9.17, 15) is 9.90 Å². The SMILES string of the molecule is CCC(=O)c1ccc(OC[C@H](O)CN2CCN(c3ccc(Cl)cc3)CC2)cc1. The fraction of sp³-hybridized carbons (Fsp3) is 0.409. The Morgan fingerprint density at radius 2 is 1.71 bits per heavy atom. The molecule has 0 bridgehead atoms. The first-order valence-corrected chi connectivity index (χ1v) is 10.1. The molecule has 1 heterocycles. The first kappa shape index (κ1) is 20.6. The van der Waals surface area contributed by atoms with Crippen molar-refractivity contribution >= 4 is 23.1 Å². The summed E-state index contributed by atoms with van der Waals surface area (Å²) < 4.78 is 5.67. The first-order valence-electron chi connectivity index (χ1n) is 9.72. The van der Waals surface area contributed by atoms with Crippen molar-refractivity contribution < 1.29 is 14.6 Å². The molecule has 1 N–H and O–H groups in total. The van der Waals surface area contributed by atoms with Gasteiger partial charge in [-0.2, -0.15) is 0 Å². The van der Waals surface area contributed by atoms with E-state index < -0.39 is 6.10 Å². The average Bonchev–Trinajstić information content (AvgIpc) is 2.73. The summed E-state index contributed by atoms with van der Waals surface area (Å²) in [5.74, 6) is 0.781. The number of aliphatic hydroxyl groups excluding tert-OH is 1. The van der Waals surface area contributed by atoms with Crippen LogP contribution >= 0.6 is 11.6 Å². The van der Waals surface area contributed by atoms with E-state index in [0.717, 1.165) is 31.2 Å². The molecule has 28 heavy (non-hydrogen) atoms. The predicted octanol–water partition coefficient (Wildman–Crippen LogP) is 3.49. The highest BCUT2D eigenvalue weighted by Crippen LogP contribution is 2.19. The molecule has 0 aliphatic carbocycles. The van der Waals surface area contributed by atoms with Gasteiger partial charge in [0.05, 0.1) is 0 Å². The number of halogens is 1. The van der Waals surface area contributed by atoms with Crippen LogP contribution in [0.5, 0.6) is 5.75 Å². The number of rotatable bonds is 8. The van der Waals surface area contributed by atoms with Crippen LogP contribution in [0.2, 0.25) is 5.02 Å². The molecule has 0 unspecified atom stereocenters. The van der Waals surface area contributed by atoms with Gasteiger partial charge in [0.1, 0.15) is 18.5 Å². The smallest absolute Gasteiger partial charge is 0.162 e. The molecule has 1 aliphatic rings. The monoisotopic (exact) mass is 402 g/mol. The van der Waals surface area contributed by atoms with E-state index in [1.807, 2.05) is 31.2 Å².